The van der Waals surface area contributed by atoms with Crippen molar-refractivity contribution in [2.75, 3.05) is 0 Å². The van der Waals surface area contributed by atoms with Crippen LogP contribution in [-0.4, -0.2) is 14.3 Å². The molecule has 0 amide bonds. The van der Waals surface area contributed by atoms with Gasteiger partial charge in [-0.25, -0.2) is 0 Å². The molecule has 0 nitrogen and oxygen atoms in total. The molecule has 0 aromatic rings. The van der Waals surface area contributed by atoms with E-state index in [0.717, 1.165) is 6.32 Å². The lowest BCUT2D eigenvalue weighted by Crippen LogP contribution is -2.02. The molecule has 0 heterocycles. The van der Waals surface area contributed by atoms with Gasteiger partial charge >= 0.3 is 0 Å². The van der Waals surface area contributed by atoms with Gasteiger partial charge in [-0.2, -0.15) is 0 Å². The van der Waals surface area contributed by atoms with Gasteiger partial charge in [0.2, 0.25) is 0 Å². The van der Waals surface area contributed by atoms with Gasteiger partial charge < -0.3 is 0 Å². The van der Waals surface area contributed by atoms with Crippen LogP contribution in [0.15, 0.2) is 12.7 Å². The van der Waals surface area contributed by atoms with Crippen LogP contribution in [0.25, 0.3) is 0 Å². The van der Waals surface area contributed by atoms with Crippen LogP contribution in [-0.2, 0) is 0 Å². The van der Waals surface area contributed by atoms with Gasteiger partial charge in [-0.15, -0.1) is 6.58 Å². The van der Waals surface area contributed by atoms with Gasteiger partial charge in [-0.05, 0) is 0 Å². The number of rotatable bonds is 2. The quantitative estimate of drug-likeness (QED) is 0.340. The fourth-order valence-corrected chi connectivity index (χ4v) is 0.263. The molecule has 0 aromatic carbocycles. The Morgan fingerprint density at radius 1 is 2.00 bits per heavy atom. The first-order valence-corrected chi connectivity index (χ1v) is 2.14. The molecule has 0 fully saturated rings. The third-order valence-corrected chi connectivity index (χ3v) is 0.538. The van der Waals surface area contributed by atoms with Crippen LogP contribution in [0.5, 0.6) is 0 Å². The van der Waals surface area contributed by atoms with Crippen LogP contribution in [0.4, 0.5) is 0 Å². The summed E-state index contributed by atoms with van der Waals surface area (Å²) in [5.74, 6) is 0. The fourth-order valence-electron chi connectivity index (χ4n) is 0.263. The number of allylic oxidation sites excluding steroid dienone is 1. The van der Waals surface area contributed by atoms with Gasteiger partial charge in [-0.3, -0.25) is 0 Å². The zero-order valence-electron chi connectivity index (χ0n) is 4.15. The molecule has 2 radical (unpaired) electrons. The molecule has 0 aliphatic heterocycles. The maximum atomic E-state index is 5.33. The van der Waals surface area contributed by atoms with Crippen molar-refractivity contribution in [2.24, 2.45) is 0 Å². The van der Waals surface area contributed by atoms with Gasteiger partial charge in [0, 0.05) is 7.74 Å². The van der Waals surface area contributed by atoms with E-state index in [-0.39, 0.29) is 6.60 Å². The van der Waals surface area contributed by atoms with Gasteiger partial charge in [-0.1, -0.05) is 19.2 Å². The van der Waals surface area contributed by atoms with E-state index >= 15 is 0 Å². The Balaban J connectivity index is 2.81. The summed E-state index contributed by atoms with van der Waals surface area (Å²) in [7, 11) is 5.33. The summed E-state index contributed by atoms with van der Waals surface area (Å²) in [4.78, 5) is 0. The smallest absolute Gasteiger partial charge is 0.0916 e. The molecule has 2 heteroatoms. The first-order chi connectivity index (χ1) is 2.77. The average molecular weight is 77.7 g/mol. The van der Waals surface area contributed by atoms with E-state index in [1.54, 1.807) is 0 Å². The highest BCUT2D eigenvalue weighted by molar-refractivity contribution is 7.02. The molecule has 0 aliphatic carbocycles. The predicted octanol–water partition coefficient (Wildman–Crippen LogP) is 0.962. The molecule has 0 aromatic heterocycles. The highest BCUT2D eigenvalue weighted by Gasteiger charge is 1.88. The summed E-state index contributed by atoms with van der Waals surface area (Å²) in [6.07, 6.45) is 2.74. The van der Waals surface area contributed by atoms with Crippen molar-refractivity contribution in [3.05, 3.63) is 12.7 Å². The van der Waals surface area contributed by atoms with Crippen LogP contribution < -0.4 is 0 Å². The molecule has 0 saturated carbocycles. The largest absolute Gasteiger partial charge is 0.104 e. The molecule has 0 N–H and O–H groups in total. The summed E-state index contributed by atoms with van der Waals surface area (Å²) in [6.45, 7) is 5.76. The van der Waals surface area contributed by atoms with Gasteiger partial charge in [0.25, 0.3) is 0 Å². The van der Waals surface area contributed by atoms with Gasteiger partial charge in [0.1, 0.15) is 0 Å². The maximum Gasteiger partial charge on any atom is 0.0916 e. The Morgan fingerprint density at radius 3 is 2.50 bits per heavy atom. The third kappa shape index (κ3) is 3.87. The van der Waals surface area contributed by atoms with E-state index in [1.807, 2.05) is 12.9 Å². The second-order valence-electron chi connectivity index (χ2n) is 1.50. The number of hydrogen-bond donors (Lipinski definition) is 0. The molecule has 0 rings (SSSR count). The second-order valence-corrected chi connectivity index (χ2v) is 1.50. The van der Waals surface area contributed by atoms with E-state index in [0.29, 0.717) is 0 Å². The maximum absolute atomic E-state index is 5.33. The minimum absolute atomic E-state index is 0.280. The van der Waals surface area contributed by atoms with E-state index in [4.69, 9.17) is 7.74 Å². The highest BCUT2D eigenvalue weighted by atomic mass is 13.5. The SMILES string of the molecule is [B]B(C)CC=C. The summed E-state index contributed by atoms with van der Waals surface area (Å²) in [5.41, 5.74) is 0. The summed E-state index contributed by atoms with van der Waals surface area (Å²) in [5, 5.41) is 0. The average Bonchev–Trinajstić information content (AvgIpc) is 1.35. The van der Waals surface area contributed by atoms with Crippen molar-refractivity contribution in [2.45, 2.75) is 13.1 Å². The Labute approximate surface area is 41.1 Å². The zero-order chi connectivity index (χ0) is 4.99. The third-order valence-electron chi connectivity index (χ3n) is 0.538. The summed E-state index contributed by atoms with van der Waals surface area (Å²) < 4.78 is 0. The van der Waals surface area contributed by atoms with Crippen LogP contribution in [0.2, 0.25) is 13.1 Å². The zero-order valence-corrected chi connectivity index (χ0v) is 4.15. The number of hydrogen-bond acceptors (Lipinski definition) is 0. The molecular weight excluding hydrogens is 69.7 g/mol. The molecule has 0 atom stereocenters. The molecular formula is C4H8B2. The molecule has 6 heavy (non-hydrogen) atoms. The lowest BCUT2D eigenvalue weighted by atomic mass is 9.33. The monoisotopic (exact) mass is 78.1 g/mol. The Bertz CT molecular complexity index is 40.8. The van der Waals surface area contributed by atoms with Crippen molar-refractivity contribution < 1.29 is 0 Å². The topological polar surface area (TPSA) is 0 Å². The van der Waals surface area contributed by atoms with Crippen LogP contribution in [0.3, 0.4) is 0 Å². The lowest BCUT2D eigenvalue weighted by Gasteiger charge is -1.87. The van der Waals surface area contributed by atoms with Crippen LogP contribution in [0, 0.1) is 0 Å². The molecule has 0 aliphatic rings. The summed E-state index contributed by atoms with van der Waals surface area (Å²) in [6, 6.07) is 0. The minimum Gasteiger partial charge on any atom is -0.104 e. The van der Waals surface area contributed by atoms with Crippen LogP contribution in [0.1, 0.15) is 0 Å². The lowest BCUT2D eigenvalue weighted by molar-refractivity contribution is 1.69. The predicted molar refractivity (Wildman–Crippen MR) is 32.4 cm³/mol. The standard InChI is InChI=1S/C4H8B2/c1-3-4-6(2)5/h3H,1,4H2,2H3. The van der Waals surface area contributed by atoms with E-state index in [1.165, 1.54) is 0 Å². The van der Waals surface area contributed by atoms with E-state index < -0.39 is 0 Å². The second kappa shape index (κ2) is 3.08. The summed E-state index contributed by atoms with van der Waals surface area (Å²) >= 11 is 0. The first-order valence-electron chi connectivity index (χ1n) is 2.14. The molecule has 0 unspecified atom stereocenters. The highest BCUT2D eigenvalue weighted by Crippen LogP contribution is 1.83. The Hall–Kier alpha value is -0.130. The van der Waals surface area contributed by atoms with Crippen molar-refractivity contribution >= 4 is 14.3 Å². The van der Waals surface area contributed by atoms with E-state index in [9.17, 15) is 0 Å². The molecule has 0 bridgehead atoms. The normalized spacial score (nSPS) is 7.50. The molecule has 30 valence electrons. The van der Waals surface area contributed by atoms with Crippen LogP contribution >= 0.6 is 0 Å². The van der Waals surface area contributed by atoms with Crippen molar-refractivity contribution in [1.82, 2.24) is 0 Å². The Morgan fingerprint density at radius 2 is 2.50 bits per heavy atom. The fraction of sp³-hybridized carbons (Fsp3) is 0.500. The van der Waals surface area contributed by atoms with E-state index in [2.05, 4.69) is 6.58 Å². The minimum atomic E-state index is 0.280. The van der Waals surface area contributed by atoms with Gasteiger partial charge in [0.05, 0.1) is 6.60 Å². The van der Waals surface area contributed by atoms with Crippen molar-refractivity contribution in [3.63, 3.8) is 0 Å². The molecule has 0 saturated heterocycles. The first kappa shape index (κ1) is 5.87. The van der Waals surface area contributed by atoms with Gasteiger partial charge in [0.15, 0.2) is 0 Å². The Kier molecular flexibility index (Phi) is 3.01. The van der Waals surface area contributed by atoms with Crippen molar-refractivity contribution in [1.29, 1.82) is 0 Å². The molecule has 0 spiro atoms. The van der Waals surface area contributed by atoms with Crippen molar-refractivity contribution in [3.8, 4) is 0 Å².